The zero-order valence-electron chi connectivity index (χ0n) is 10.9. The van der Waals surface area contributed by atoms with E-state index in [-0.39, 0.29) is 5.56 Å². The SMILES string of the molecule is CC(C)COCCNC(=O)Nc1sccc1C(=O)O. The normalized spacial score (nSPS) is 10.5. The molecule has 0 aromatic carbocycles. The summed E-state index contributed by atoms with van der Waals surface area (Å²) in [7, 11) is 0. The van der Waals surface area contributed by atoms with Crippen LogP contribution >= 0.6 is 11.3 Å². The van der Waals surface area contributed by atoms with Crippen LogP contribution in [-0.4, -0.2) is 36.9 Å². The number of urea groups is 1. The van der Waals surface area contributed by atoms with Crippen LogP contribution in [0.3, 0.4) is 0 Å². The lowest BCUT2D eigenvalue weighted by Gasteiger charge is -2.08. The standard InChI is InChI=1S/C12H18N2O4S/c1-8(2)7-18-5-4-13-12(17)14-10-9(11(15)16)3-6-19-10/h3,6,8H,4-5,7H2,1-2H3,(H,15,16)(H2,13,14,17). The molecule has 0 unspecified atom stereocenters. The molecule has 0 fully saturated rings. The number of anilines is 1. The van der Waals surface area contributed by atoms with E-state index < -0.39 is 12.0 Å². The Labute approximate surface area is 115 Å². The van der Waals surface area contributed by atoms with E-state index >= 15 is 0 Å². The van der Waals surface area contributed by atoms with E-state index in [1.165, 1.54) is 17.4 Å². The molecule has 1 aromatic rings. The molecule has 1 aromatic heterocycles. The van der Waals surface area contributed by atoms with Crippen molar-refractivity contribution in [2.75, 3.05) is 25.1 Å². The van der Waals surface area contributed by atoms with Crippen molar-refractivity contribution >= 4 is 28.3 Å². The van der Waals surface area contributed by atoms with Gasteiger partial charge in [0.1, 0.15) is 5.00 Å². The second kappa shape index (κ2) is 7.75. The summed E-state index contributed by atoms with van der Waals surface area (Å²) >= 11 is 1.17. The molecule has 0 aliphatic rings. The summed E-state index contributed by atoms with van der Waals surface area (Å²) in [5.41, 5.74) is 0.0937. The Morgan fingerprint density at radius 2 is 2.21 bits per heavy atom. The van der Waals surface area contributed by atoms with E-state index in [9.17, 15) is 9.59 Å². The molecule has 2 amide bonds. The lowest BCUT2D eigenvalue weighted by Crippen LogP contribution is -2.32. The molecule has 0 aliphatic heterocycles. The second-order valence-electron chi connectivity index (χ2n) is 4.32. The van der Waals surface area contributed by atoms with E-state index in [1.807, 2.05) is 13.8 Å². The summed E-state index contributed by atoms with van der Waals surface area (Å²) in [5.74, 6) is -0.602. The topological polar surface area (TPSA) is 87.7 Å². The van der Waals surface area contributed by atoms with Gasteiger partial charge in [-0.2, -0.15) is 0 Å². The largest absolute Gasteiger partial charge is 0.478 e. The number of hydrogen-bond acceptors (Lipinski definition) is 4. The van der Waals surface area contributed by atoms with Gasteiger partial charge >= 0.3 is 12.0 Å². The third kappa shape index (κ3) is 5.71. The highest BCUT2D eigenvalue weighted by Gasteiger charge is 2.13. The number of carboxylic acid groups (broad SMARTS) is 1. The third-order valence-electron chi connectivity index (χ3n) is 2.11. The van der Waals surface area contributed by atoms with Crippen LogP contribution in [0, 0.1) is 5.92 Å². The second-order valence-corrected chi connectivity index (χ2v) is 5.23. The first-order valence-electron chi connectivity index (χ1n) is 5.94. The number of aromatic carboxylic acids is 1. The average molecular weight is 286 g/mol. The summed E-state index contributed by atoms with van der Waals surface area (Å²) in [4.78, 5) is 22.4. The summed E-state index contributed by atoms with van der Waals surface area (Å²) in [6, 6.07) is 1.02. The lowest BCUT2D eigenvalue weighted by atomic mass is 10.2. The third-order valence-corrected chi connectivity index (χ3v) is 2.94. The predicted molar refractivity (Wildman–Crippen MR) is 74.0 cm³/mol. The van der Waals surface area contributed by atoms with Gasteiger partial charge in [-0.3, -0.25) is 5.32 Å². The number of carbonyl (C=O) groups excluding carboxylic acids is 1. The molecule has 0 spiro atoms. The predicted octanol–water partition coefficient (Wildman–Crippen LogP) is 2.24. The molecule has 6 nitrogen and oxygen atoms in total. The molecule has 0 saturated carbocycles. The summed E-state index contributed by atoms with van der Waals surface area (Å²) in [6.45, 7) is 5.56. The highest BCUT2D eigenvalue weighted by molar-refractivity contribution is 7.14. The van der Waals surface area contributed by atoms with Crippen molar-refractivity contribution < 1.29 is 19.4 Å². The minimum Gasteiger partial charge on any atom is -0.478 e. The smallest absolute Gasteiger partial charge is 0.338 e. The van der Waals surface area contributed by atoms with Crippen molar-refractivity contribution in [3.63, 3.8) is 0 Å². The van der Waals surface area contributed by atoms with Gasteiger partial charge in [-0.15, -0.1) is 11.3 Å². The molecule has 106 valence electrons. The molecule has 1 heterocycles. The average Bonchev–Trinajstić information content (AvgIpc) is 2.76. The van der Waals surface area contributed by atoms with E-state index in [4.69, 9.17) is 9.84 Å². The number of carbonyl (C=O) groups is 2. The van der Waals surface area contributed by atoms with E-state index in [0.29, 0.717) is 30.7 Å². The Hall–Kier alpha value is -1.60. The number of carboxylic acids is 1. The molecule has 0 atom stereocenters. The van der Waals surface area contributed by atoms with E-state index in [2.05, 4.69) is 10.6 Å². The van der Waals surface area contributed by atoms with Crippen molar-refractivity contribution in [2.24, 2.45) is 5.92 Å². The first-order valence-corrected chi connectivity index (χ1v) is 6.82. The van der Waals surface area contributed by atoms with Gasteiger partial charge < -0.3 is 15.2 Å². The molecule has 0 aliphatic carbocycles. The Morgan fingerprint density at radius 1 is 1.47 bits per heavy atom. The van der Waals surface area contributed by atoms with Crippen molar-refractivity contribution in [3.8, 4) is 0 Å². The zero-order chi connectivity index (χ0) is 14.3. The van der Waals surface area contributed by atoms with Crippen LogP contribution in [-0.2, 0) is 4.74 Å². The number of thiophene rings is 1. The van der Waals surface area contributed by atoms with Gasteiger partial charge in [-0.25, -0.2) is 9.59 Å². The highest BCUT2D eigenvalue weighted by Crippen LogP contribution is 2.22. The number of ether oxygens (including phenoxy) is 1. The van der Waals surface area contributed by atoms with Gasteiger partial charge in [-0.05, 0) is 17.4 Å². The van der Waals surface area contributed by atoms with Crippen molar-refractivity contribution in [1.29, 1.82) is 0 Å². The van der Waals surface area contributed by atoms with Crippen LogP contribution in [0.4, 0.5) is 9.80 Å². The number of amides is 2. The Morgan fingerprint density at radius 3 is 2.84 bits per heavy atom. The van der Waals surface area contributed by atoms with Crippen LogP contribution in [0.2, 0.25) is 0 Å². The zero-order valence-corrected chi connectivity index (χ0v) is 11.8. The summed E-state index contributed by atoms with van der Waals surface area (Å²) in [5, 5.41) is 15.9. The highest BCUT2D eigenvalue weighted by atomic mass is 32.1. The molecule has 19 heavy (non-hydrogen) atoms. The van der Waals surface area contributed by atoms with Crippen molar-refractivity contribution in [3.05, 3.63) is 17.0 Å². The van der Waals surface area contributed by atoms with E-state index in [1.54, 1.807) is 5.38 Å². The van der Waals surface area contributed by atoms with Crippen LogP contribution in [0.25, 0.3) is 0 Å². The molecular formula is C12H18N2O4S. The molecule has 7 heteroatoms. The van der Waals surface area contributed by atoms with Gasteiger partial charge in [0.25, 0.3) is 0 Å². The molecule has 1 rings (SSSR count). The van der Waals surface area contributed by atoms with Gasteiger partial charge in [0.15, 0.2) is 0 Å². The first-order chi connectivity index (χ1) is 9.00. The number of rotatable bonds is 7. The van der Waals surface area contributed by atoms with Crippen LogP contribution in [0.15, 0.2) is 11.4 Å². The fourth-order valence-corrected chi connectivity index (χ4v) is 2.05. The quantitative estimate of drug-likeness (QED) is 0.671. The fourth-order valence-electron chi connectivity index (χ4n) is 1.28. The molecular weight excluding hydrogens is 268 g/mol. The monoisotopic (exact) mass is 286 g/mol. The van der Waals surface area contributed by atoms with Crippen LogP contribution in [0.1, 0.15) is 24.2 Å². The minimum absolute atomic E-state index is 0.0937. The molecule has 0 saturated heterocycles. The molecule has 0 bridgehead atoms. The number of nitrogens with one attached hydrogen (secondary N) is 2. The Kier molecular flexibility index (Phi) is 6.31. The maximum Gasteiger partial charge on any atom is 0.338 e. The van der Waals surface area contributed by atoms with Gasteiger partial charge in [-0.1, -0.05) is 13.8 Å². The number of hydrogen-bond donors (Lipinski definition) is 3. The van der Waals surface area contributed by atoms with Gasteiger partial charge in [0, 0.05) is 13.2 Å². The van der Waals surface area contributed by atoms with Crippen LogP contribution in [0.5, 0.6) is 0 Å². The Bertz CT molecular complexity index is 431. The maximum absolute atomic E-state index is 11.5. The molecule has 3 N–H and O–H groups in total. The van der Waals surface area contributed by atoms with Crippen LogP contribution < -0.4 is 10.6 Å². The Balaban J connectivity index is 2.27. The summed E-state index contributed by atoms with van der Waals surface area (Å²) < 4.78 is 5.31. The van der Waals surface area contributed by atoms with Gasteiger partial charge in [0.05, 0.1) is 12.2 Å². The van der Waals surface area contributed by atoms with E-state index in [0.717, 1.165) is 0 Å². The van der Waals surface area contributed by atoms with Gasteiger partial charge in [0.2, 0.25) is 0 Å². The first kappa shape index (κ1) is 15.5. The molecule has 0 radical (unpaired) electrons. The maximum atomic E-state index is 11.5. The summed E-state index contributed by atoms with van der Waals surface area (Å²) in [6.07, 6.45) is 0. The fraction of sp³-hybridized carbons (Fsp3) is 0.500. The van der Waals surface area contributed by atoms with Crippen molar-refractivity contribution in [1.82, 2.24) is 5.32 Å². The lowest BCUT2D eigenvalue weighted by molar-refractivity contribution is 0.0698. The van der Waals surface area contributed by atoms with Crippen molar-refractivity contribution in [2.45, 2.75) is 13.8 Å². The minimum atomic E-state index is -1.06.